The number of Topliss-reactive ketones (excluding diaryl/α,β-unsaturated/α-hetero) is 1. The zero-order valence-corrected chi connectivity index (χ0v) is 31.0. The van der Waals surface area contributed by atoms with Gasteiger partial charge in [0.1, 0.15) is 18.5 Å². The van der Waals surface area contributed by atoms with Crippen molar-refractivity contribution in [2.24, 2.45) is 22.7 Å². The van der Waals surface area contributed by atoms with Crippen LogP contribution in [0.4, 0.5) is 15.5 Å². The second-order valence-corrected chi connectivity index (χ2v) is 15.1. The van der Waals surface area contributed by atoms with E-state index in [1.54, 1.807) is 13.8 Å². The molecule has 12 nitrogen and oxygen atoms in total. The number of aryl methyl sites for hydroxylation is 1. The highest BCUT2D eigenvalue weighted by Gasteiger charge is 2.24. The van der Waals surface area contributed by atoms with Crippen LogP contribution in [0.5, 0.6) is 0 Å². The highest BCUT2D eigenvalue weighted by molar-refractivity contribution is 5.87. The first-order valence-electron chi connectivity index (χ1n) is 17.6. The SMILES string of the molecule is CCCCC(=O)CCC(C)(C)CC(C)CCNC(=O)OC(C)COC(=O)CCCC(C)(C)CC(C)CNC(=O)Nc1nc(C)cc(=O)[nH]1. The van der Waals surface area contributed by atoms with Gasteiger partial charge in [0.05, 0.1) is 0 Å². The zero-order valence-electron chi connectivity index (χ0n) is 31.0. The van der Waals surface area contributed by atoms with E-state index in [1.165, 1.54) is 6.07 Å². The molecule has 0 saturated carbocycles. The van der Waals surface area contributed by atoms with E-state index in [9.17, 15) is 24.0 Å². The van der Waals surface area contributed by atoms with Gasteiger partial charge in [0.25, 0.3) is 5.56 Å². The number of alkyl carbamates (subject to hydrolysis) is 1. The number of H-pyrrole nitrogens is 1. The monoisotopic (exact) mass is 677 g/mol. The summed E-state index contributed by atoms with van der Waals surface area (Å²) in [6.07, 6.45) is 7.41. The van der Waals surface area contributed by atoms with Crippen LogP contribution in [0.25, 0.3) is 0 Å². The number of ketones is 1. The fourth-order valence-electron chi connectivity index (χ4n) is 5.97. The van der Waals surface area contributed by atoms with Crippen molar-refractivity contribution in [2.45, 2.75) is 139 Å². The van der Waals surface area contributed by atoms with Gasteiger partial charge in [-0.2, -0.15) is 0 Å². The molecule has 0 spiro atoms. The predicted octanol–water partition coefficient (Wildman–Crippen LogP) is 7.06. The van der Waals surface area contributed by atoms with Crippen molar-refractivity contribution in [3.8, 4) is 0 Å². The van der Waals surface area contributed by atoms with Gasteiger partial charge in [0.15, 0.2) is 0 Å². The first-order valence-corrected chi connectivity index (χ1v) is 17.6. The Kier molecular flexibility index (Phi) is 19.1. The molecule has 0 radical (unpaired) electrons. The number of unbranched alkanes of at least 4 members (excludes halogenated alkanes) is 1. The van der Waals surface area contributed by atoms with Gasteiger partial charge in [-0.1, -0.05) is 54.9 Å². The molecule has 0 aliphatic rings. The lowest BCUT2D eigenvalue weighted by molar-refractivity contribution is -0.146. The van der Waals surface area contributed by atoms with Gasteiger partial charge in [-0.3, -0.25) is 24.7 Å². The first-order chi connectivity index (χ1) is 22.4. The van der Waals surface area contributed by atoms with Gasteiger partial charge in [-0.25, -0.2) is 14.6 Å². The number of nitrogens with zero attached hydrogens (tertiary/aromatic N) is 1. The van der Waals surface area contributed by atoms with Crippen LogP contribution in [0, 0.1) is 29.6 Å². The van der Waals surface area contributed by atoms with E-state index >= 15 is 0 Å². The molecule has 0 aromatic carbocycles. The summed E-state index contributed by atoms with van der Waals surface area (Å²) in [5, 5.41) is 8.14. The third-order valence-corrected chi connectivity index (χ3v) is 8.33. The topological polar surface area (TPSA) is 169 Å². The number of anilines is 1. The smallest absolute Gasteiger partial charge is 0.407 e. The first kappa shape index (κ1) is 42.6. The molecule has 3 unspecified atom stereocenters. The van der Waals surface area contributed by atoms with Gasteiger partial charge in [0.2, 0.25) is 5.95 Å². The second kappa shape index (κ2) is 21.5. The number of ether oxygens (including phenoxy) is 2. The van der Waals surface area contributed by atoms with Crippen LogP contribution in [-0.2, 0) is 19.1 Å². The van der Waals surface area contributed by atoms with E-state index < -0.39 is 18.2 Å². The van der Waals surface area contributed by atoms with Crippen molar-refractivity contribution in [3.05, 3.63) is 22.1 Å². The number of esters is 1. The molecular weight excluding hydrogens is 614 g/mol. The highest BCUT2D eigenvalue weighted by Crippen LogP contribution is 2.32. The highest BCUT2D eigenvalue weighted by atomic mass is 16.6. The van der Waals surface area contributed by atoms with Gasteiger partial charge in [-0.05, 0) is 81.5 Å². The van der Waals surface area contributed by atoms with Crippen LogP contribution in [0.2, 0.25) is 0 Å². The molecule has 1 aromatic heterocycles. The standard InChI is InChI=1S/C36H63N5O7/c1-10-11-13-29(42)15-18-36(8,9)21-25(2)16-19-37-34(46)48-28(5)24-47-31(44)14-12-17-35(6,7)22-26(3)23-38-33(45)41-32-39-27(4)20-30(43)40-32/h20,25-26,28H,10-19,21-24H2,1-9H3,(H,37,46)(H3,38,39,40,41,43,45). The summed E-state index contributed by atoms with van der Waals surface area (Å²) < 4.78 is 10.7. The number of rotatable bonds is 23. The lowest BCUT2D eigenvalue weighted by Crippen LogP contribution is -2.34. The normalized spacial score (nSPS) is 13.6. The lowest BCUT2D eigenvalue weighted by Gasteiger charge is -2.28. The van der Waals surface area contributed by atoms with Gasteiger partial charge in [0, 0.05) is 44.1 Å². The Labute approximate surface area is 287 Å². The number of urea groups is 1. The minimum absolute atomic E-state index is 0.00601. The Balaban J connectivity index is 2.22. The fourth-order valence-corrected chi connectivity index (χ4v) is 5.97. The molecule has 0 fully saturated rings. The zero-order chi connectivity index (χ0) is 36.3. The average Bonchev–Trinajstić information content (AvgIpc) is 2.95. The quantitative estimate of drug-likeness (QED) is 0.0893. The van der Waals surface area contributed by atoms with Crippen molar-refractivity contribution < 1.29 is 28.7 Å². The number of hydrogen-bond donors (Lipinski definition) is 4. The fraction of sp³-hybridized carbons (Fsp3) is 0.778. The number of amides is 3. The number of aromatic nitrogens is 2. The molecule has 1 aromatic rings. The number of carbonyl (C=O) groups is 4. The number of aromatic amines is 1. The summed E-state index contributed by atoms with van der Waals surface area (Å²) >= 11 is 0. The molecule has 12 heteroatoms. The average molecular weight is 678 g/mol. The molecule has 3 amide bonds. The van der Waals surface area contributed by atoms with Gasteiger partial charge >= 0.3 is 18.1 Å². The molecular formula is C36H63N5O7. The van der Waals surface area contributed by atoms with Crippen molar-refractivity contribution >= 4 is 29.8 Å². The summed E-state index contributed by atoms with van der Waals surface area (Å²) in [5.41, 5.74) is 0.182. The largest absolute Gasteiger partial charge is 0.462 e. The number of nitrogens with one attached hydrogen (secondary N) is 4. The Bertz CT molecular complexity index is 1210. The maximum atomic E-state index is 12.3. The minimum Gasteiger partial charge on any atom is -0.462 e. The van der Waals surface area contributed by atoms with E-state index in [4.69, 9.17) is 9.47 Å². The van der Waals surface area contributed by atoms with E-state index in [0.717, 1.165) is 44.9 Å². The second-order valence-electron chi connectivity index (χ2n) is 15.1. The molecule has 0 saturated heterocycles. The van der Waals surface area contributed by atoms with E-state index in [2.05, 4.69) is 67.5 Å². The lowest BCUT2D eigenvalue weighted by atomic mass is 9.78. The molecule has 48 heavy (non-hydrogen) atoms. The number of hydrogen-bond acceptors (Lipinski definition) is 8. The maximum Gasteiger partial charge on any atom is 0.407 e. The molecule has 4 N–H and O–H groups in total. The van der Waals surface area contributed by atoms with Crippen molar-refractivity contribution in [2.75, 3.05) is 25.0 Å². The minimum atomic E-state index is -0.570. The van der Waals surface area contributed by atoms with Crippen LogP contribution in [0.1, 0.15) is 132 Å². The molecule has 0 aliphatic heterocycles. The Morgan fingerprint density at radius 1 is 0.917 bits per heavy atom. The molecule has 274 valence electrons. The van der Waals surface area contributed by atoms with Crippen LogP contribution < -0.4 is 21.5 Å². The number of carbonyl (C=O) groups excluding carboxylic acids is 4. The summed E-state index contributed by atoms with van der Waals surface area (Å²) in [7, 11) is 0. The Morgan fingerprint density at radius 2 is 1.58 bits per heavy atom. The van der Waals surface area contributed by atoms with E-state index in [-0.39, 0.29) is 47.3 Å². The van der Waals surface area contributed by atoms with Gasteiger partial charge in [-0.15, -0.1) is 0 Å². The summed E-state index contributed by atoms with van der Waals surface area (Å²) in [4.78, 5) is 66.9. The molecule has 0 bridgehead atoms. The molecule has 1 rings (SSSR count). The predicted molar refractivity (Wildman–Crippen MR) is 189 cm³/mol. The van der Waals surface area contributed by atoms with Crippen molar-refractivity contribution in [1.82, 2.24) is 20.6 Å². The third-order valence-electron chi connectivity index (χ3n) is 8.33. The van der Waals surface area contributed by atoms with Crippen LogP contribution >= 0.6 is 0 Å². The van der Waals surface area contributed by atoms with Crippen LogP contribution in [0.15, 0.2) is 10.9 Å². The summed E-state index contributed by atoms with van der Waals surface area (Å²) in [6, 6.07) is 0.901. The molecule has 0 aliphatic carbocycles. The third kappa shape index (κ3) is 20.7. The maximum absolute atomic E-state index is 12.3. The van der Waals surface area contributed by atoms with E-state index in [0.29, 0.717) is 49.7 Å². The van der Waals surface area contributed by atoms with Gasteiger partial charge < -0.3 is 20.1 Å². The Morgan fingerprint density at radius 3 is 2.25 bits per heavy atom. The van der Waals surface area contributed by atoms with E-state index in [1.807, 2.05) is 6.92 Å². The molecule has 3 atom stereocenters. The van der Waals surface area contributed by atoms with Crippen molar-refractivity contribution in [3.63, 3.8) is 0 Å². The molecule has 1 heterocycles. The van der Waals surface area contributed by atoms with Crippen LogP contribution in [0.3, 0.4) is 0 Å². The summed E-state index contributed by atoms with van der Waals surface area (Å²) in [6.45, 7) is 19.2. The van der Waals surface area contributed by atoms with Crippen LogP contribution in [-0.4, -0.2) is 59.6 Å². The summed E-state index contributed by atoms with van der Waals surface area (Å²) in [5.74, 6) is 0.678. The van der Waals surface area contributed by atoms with Crippen molar-refractivity contribution in [1.29, 1.82) is 0 Å². The Hall–Kier alpha value is -3.44.